The molecule has 2 aromatic carbocycles. The van der Waals surface area contributed by atoms with Gasteiger partial charge in [0.15, 0.2) is 11.5 Å². The molecule has 1 amide bonds. The number of carbonyl (C=O) groups is 1. The molecule has 35 heavy (non-hydrogen) atoms. The molecule has 0 radical (unpaired) electrons. The number of unbranched alkanes of at least 4 members (excludes halogenated alkanes) is 2. The van der Waals surface area contributed by atoms with Crippen molar-refractivity contribution in [3.63, 3.8) is 0 Å². The number of hydrogen-bond donors (Lipinski definition) is 2. The number of amides is 1. The van der Waals surface area contributed by atoms with Gasteiger partial charge in [0.25, 0.3) is 0 Å². The molecule has 1 aliphatic carbocycles. The van der Waals surface area contributed by atoms with Gasteiger partial charge in [-0.15, -0.1) is 0 Å². The fraction of sp³-hybridized carbons (Fsp3) is 0.500. The third-order valence-corrected chi connectivity index (χ3v) is 6.56. The number of anilines is 1. The van der Waals surface area contributed by atoms with Crippen LogP contribution in [0.5, 0.6) is 17.2 Å². The Balaban J connectivity index is 2.21. The molecule has 0 spiro atoms. The van der Waals surface area contributed by atoms with Gasteiger partial charge in [-0.05, 0) is 61.1 Å². The minimum Gasteiger partial charge on any atom is -0.493 e. The summed E-state index contributed by atoms with van der Waals surface area (Å²) in [5, 5.41) is 6.44. The lowest BCUT2D eigenvalue weighted by atomic mass is 9.95. The highest BCUT2D eigenvalue weighted by atomic mass is 16.5. The van der Waals surface area contributed by atoms with Gasteiger partial charge in [-0.25, -0.2) is 0 Å². The van der Waals surface area contributed by atoms with Crippen molar-refractivity contribution >= 4 is 11.6 Å². The van der Waals surface area contributed by atoms with E-state index in [0.29, 0.717) is 35.8 Å². The number of benzene rings is 1. The number of aryl methyl sites for hydroxylation is 1. The molecule has 0 bridgehead atoms. The van der Waals surface area contributed by atoms with E-state index in [4.69, 9.17) is 14.2 Å². The molecule has 0 aromatic heterocycles. The number of nitrogens with one attached hydrogen (secondary N) is 2. The van der Waals surface area contributed by atoms with Crippen molar-refractivity contribution in [1.82, 2.24) is 5.32 Å². The molecule has 0 fully saturated rings. The van der Waals surface area contributed by atoms with Gasteiger partial charge in [0.2, 0.25) is 17.1 Å². The average molecular weight is 483 g/mol. The molecule has 190 valence electrons. The lowest BCUT2D eigenvalue weighted by Gasteiger charge is -2.19. The van der Waals surface area contributed by atoms with Gasteiger partial charge >= 0.3 is 0 Å². The predicted octanol–water partition coefficient (Wildman–Crippen LogP) is 5.24. The number of fused-ring (bicyclic) bond motifs is 3. The van der Waals surface area contributed by atoms with Crippen LogP contribution >= 0.6 is 0 Å². The van der Waals surface area contributed by atoms with Crippen molar-refractivity contribution in [3.8, 4) is 28.4 Å². The Kier molecular flexibility index (Phi) is 9.01. The molecule has 0 aliphatic heterocycles. The number of hydrogen-bond acceptors (Lipinski definition) is 6. The first-order valence-electron chi connectivity index (χ1n) is 12.4. The van der Waals surface area contributed by atoms with Crippen LogP contribution in [0, 0.1) is 0 Å². The van der Waals surface area contributed by atoms with Crippen LogP contribution in [0.25, 0.3) is 11.1 Å². The van der Waals surface area contributed by atoms with Crippen LogP contribution in [-0.4, -0.2) is 33.3 Å². The molecular formula is C28H38N2O5. The van der Waals surface area contributed by atoms with Crippen molar-refractivity contribution in [3.05, 3.63) is 45.6 Å². The zero-order valence-electron chi connectivity index (χ0n) is 21.7. The predicted molar refractivity (Wildman–Crippen MR) is 140 cm³/mol. The summed E-state index contributed by atoms with van der Waals surface area (Å²) in [5.41, 5.74) is 3.90. The second kappa shape index (κ2) is 12.0. The lowest BCUT2D eigenvalue weighted by Crippen LogP contribution is -2.26. The van der Waals surface area contributed by atoms with Crippen molar-refractivity contribution in [2.24, 2.45) is 0 Å². The first-order valence-corrected chi connectivity index (χ1v) is 12.4. The molecule has 0 saturated heterocycles. The molecule has 0 saturated carbocycles. The van der Waals surface area contributed by atoms with Gasteiger partial charge in [0, 0.05) is 18.5 Å². The van der Waals surface area contributed by atoms with Gasteiger partial charge in [0.1, 0.15) is 0 Å². The molecule has 1 aliphatic rings. The summed E-state index contributed by atoms with van der Waals surface area (Å²) < 4.78 is 17.0. The smallest absolute Gasteiger partial charge is 0.217 e. The van der Waals surface area contributed by atoms with Gasteiger partial charge in [-0.1, -0.05) is 32.3 Å². The molecule has 7 nitrogen and oxygen atoms in total. The van der Waals surface area contributed by atoms with Crippen LogP contribution in [0.2, 0.25) is 0 Å². The molecule has 2 aromatic rings. The number of rotatable bonds is 10. The fourth-order valence-corrected chi connectivity index (χ4v) is 4.87. The average Bonchev–Trinajstić information content (AvgIpc) is 3.07. The van der Waals surface area contributed by atoms with Gasteiger partial charge < -0.3 is 24.8 Å². The van der Waals surface area contributed by atoms with Crippen molar-refractivity contribution < 1.29 is 19.0 Å². The lowest BCUT2D eigenvalue weighted by molar-refractivity contribution is -0.119. The number of carbonyl (C=O) groups excluding carboxylic acids is 1. The Morgan fingerprint density at radius 2 is 1.83 bits per heavy atom. The summed E-state index contributed by atoms with van der Waals surface area (Å²) in [7, 11) is 4.77. The third-order valence-electron chi connectivity index (χ3n) is 6.56. The second-order valence-corrected chi connectivity index (χ2v) is 9.14. The Labute approximate surface area is 208 Å². The monoisotopic (exact) mass is 482 g/mol. The number of methoxy groups -OCH3 is 3. The first-order chi connectivity index (χ1) is 16.8. The van der Waals surface area contributed by atoms with E-state index in [1.807, 2.05) is 18.2 Å². The van der Waals surface area contributed by atoms with E-state index in [9.17, 15) is 9.59 Å². The topological polar surface area (TPSA) is 85.9 Å². The Morgan fingerprint density at radius 3 is 2.46 bits per heavy atom. The van der Waals surface area contributed by atoms with Crippen LogP contribution in [0.3, 0.4) is 0 Å². The molecular weight excluding hydrogens is 444 g/mol. The summed E-state index contributed by atoms with van der Waals surface area (Å²) in [6, 6.07) is 7.26. The van der Waals surface area contributed by atoms with E-state index in [2.05, 4.69) is 24.5 Å². The maximum absolute atomic E-state index is 13.3. The number of ether oxygens (including phenoxy) is 3. The second-order valence-electron chi connectivity index (χ2n) is 9.14. The summed E-state index contributed by atoms with van der Waals surface area (Å²) in [5.74, 6) is 1.48. The van der Waals surface area contributed by atoms with Gasteiger partial charge in [-0.3, -0.25) is 9.59 Å². The minimum atomic E-state index is -0.313. The largest absolute Gasteiger partial charge is 0.493 e. The summed E-state index contributed by atoms with van der Waals surface area (Å²) in [4.78, 5) is 25.4. The quantitative estimate of drug-likeness (QED) is 0.450. The van der Waals surface area contributed by atoms with E-state index in [1.165, 1.54) is 13.3 Å². The Morgan fingerprint density at radius 1 is 1.09 bits per heavy atom. The molecule has 0 unspecified atom stereocenters. The maximum Gasteiger partial charge on any atom is 0.217 e. The molecule has 2 N–H and O–H groups in total. The van der Waals surface area contributed by atoms with E-state index in [-0.39, 0.29) is 23.4 Å². The van der Waals surface area contributed by atoms with E-state index >= 15 is 0 Å². The van der Waals surface area contributed by atoms with Crippen molar-refractivity contribution in [2.75, 3.05) is 26.6 Å². The maximum atomic E-state index is 13.3. The van der Waals surface area contributed by atoms with Crippen LogP contribution in [0.1, 0.15) is 70.0 Å². The highest BCUT2D eigenvalue weighted by Crippen LogP contribution is 2.50. The van der Waals surface area contributed by atoms with Crippen LogP contribution in [-0.2, 0) is 11.2 Å². The van der Waals surface area contributed by atoms with Crippen LogP contribution < -0.4 is 30.3 Å². The zero-order chi connectivity index (χ0) is 25.5. The molecule has 3 rings (SSSR count). The molecule has 2 atom stereocenters. The molecule has 7 heteroatoms. The van der Waals surface area contributed by atoms with Crippen molar-refractivity contribution in [2.45, 2.75) is 71.4 Å². The van der Waals surface area contributed by atoms with E-state index in [0.717, 1.165) is 41.5 Å². The third kappa shape index (κ3) is 5.89. The Hall–Kier alpha value is -3.22. The summed E-state index contributed by atoms with van der Waals surface area (Å²) >= 11 is 0. The van der Waals surface area contributed by atoms with Crippen LogP contribution in [0.4, 0.5) is 5.69 Å². The SMILES string of the molecule is CCCCC[C@H](C)Nc1ccc2c(cc1=O)[C@@H](NC(C)=O)CCc1cc(OC)c(OC)c(OC)c1-2. The first kappa shape index (κ1) is 26.4. The highest BCUT2D eigenvalue weighted by molar-refractivity contribution is 5.83. The van der Waals surface area contributed by atoms with E-state index < -0.39 is 0 Å². The highest BCUT2D eigenvalue weighted by Gasteiger charge is 2.29. The van der Waals surface area contributed by atoms with Gasteiger partial charge in [-0.2, -0.15) is 0 Å². The summed E-state index contributed by atoms with van der Waals surface area (Å²) in [6.07, 6.45) is 5.75. The Bertz CT molecular complexity index is 1120. The van der Waals surface area contributed by atoms with Gasteiger partial charge in [0.05, 0.1) is 33.1 Å². The normalized spacial score (nSPS) is 15.2. The fourth-order valence-electron chi connectivity index (χ4n) is 4.87. The van der Waals surface area contributed by atoms with Crippen LogP contribution in [0.15, 0.2) is 29.1 Å². The minimum absolute atomic E-state index is 0.105. The summed E-state index contributed by atoms with van der Waals surface area (Å²) in [6.45, 7) is 5.78. The molecule has 0 heterocycles. The van der Waals surface area contributed by atoms with E-state index in [1.54, 1.807) is 27.4 Å². The van der Waals surface area contributed by atoms with Crippen molar-refractivity contribution in [1.29, 1.82) is 0 Å². The zero-order valence-corrected chi connectivity index (χ0v) is 21.7. The standard InChI is InChI=1S/C28H38N2O5/c1-7-8-9-10-17(2)29-23-14-12-20-21(16-24(23)32)22(30-18(3)31)13-11-19-15-25(33-4)27(34-5)28(35-6)26(19)20/h12,14-17,22H,7-11,13H2,1-6H3,(H,29,32)(H,30,31)/t17-,22-/m0/s1.